The van der Waals surface area contributed by atoms with Crippen molar-refractivity contribution < 1.29 is 45.1 Å². The topological polar surface area (TPSA) is 168 Å². The zero-order chi connectivity index (χ0) is 10.4. The van der Waals surface area contributed by atoms with Gasteiger partial charge in [-0.2, -0.15) is 16.8 Å². The molecule has 0 radical (unpaired) electrons. The second kappa shape index (κ2) is 5.33. The van der Waals surface area contributed by atoms with Gasteiger partial charge < -0.3 is 0 Å². The zero-order valence-corrected chi connectivity index (χ0v) is 6.69. The van der Waals surface area contributed by atoms with Crippen LogP contribution in [0.25, 0.3) is 0 Å². The van der Waals surface area contributed by atoms with Crippen LogP contribution in [0.2, 0.25) is 0 Å². The van der Waals surface area contributed by atoms with Gasteiger partial charge in [-0.05, 0) is 0 Å². The lowest BCUT2D eigenvalue weighted by molar-refractivity contribution is -0.176. The first-order valence-corrected chi connectivity index (χ1v) is 4.46. The fourth-order valence-electron chi connectivity index (χ4n) is 0.0702. The van der Waals surface area contributed by atoms with Crippen LogP contribution in [-0.4, -0.2) is 36.5 Å². The van der Waals surface area contributed by atoms with E-state index in [1.165, 1.54) is 0 Å². The number of rotatable bonds is 3. The van der Waals surface area contributed by atoms with Crippen LogP contribution in [0.1, 0.15) is 0 Å². The maximum absolute atomic E-state index is 9.51. The van der Waals surface area contributed by atoms with Crippen LogP contribution in [0.15, 0.2) is 0 Å². The molecule has 0 amide bonds. The van der Waals surface area contributed by atoms with Gasteiger partial charge in [-0.25, -0.2) is 0 Å². The Morgan fingerprint density at radius 1 is 0.750 bits per heavy atom. The standard InChI is InChI=1S/H2O8S2.H2O2/c1-9(2,3)7-8-10(4,5)6;1-2/h(H,1,2,3)(H,4,5,6);1-2H. The molecule has 0 fully saturated rings. The van der Waals surface area contributed by atoms with Crippen molar-refractivity contribution >= 4 is 20.8 Å². The fraction of sp³-hybridized carbons (Fsp3) is 0. The van der Waals surface area contributed by atoms with Crippen molar-refractivity contribution in [3.63, 3.8) is 0 Å². The van der Waals surface area contributed by atoms with E-state index in [0.717, 1.165) is 0 Å². The van der Waals surface area contributed by atoms with E-state index in [9.17, 15) is 16.8 Å². The molecule has 0 aliphatic carbocycles. The van der Waals surface area contributed by atoms with Crippen molar-refractivity contribution in [3.8, 4) is 0 Å². The quantitative estimate of drug-likeness (QED) is 0.255. The highest BCUT2D eigenvalue weighted by Crippen LogP contribution is 1.92. The maximum atomic E-state index is 9.51. The summed E-state index contributed by atoms with van der Waals surface area (Å²) in [5, 5.41) is 12.0. The average Bonchev–Trinajstić information content (AvgIpc) is 1.86. The van der Waals surface area contributed by atoms with Gasteiger partial charge in [0.2, 0.25) is 0 Å². The monoisotopic (exact) mass is 228 g/mol. The highest BCUT2D eigenvalue weighted by molar-refractivity contribution is 7.83. The van der Waals surface area contributed by atoms with Crippen LogP contribution >= 0.6 is 0 Å². The third-order valence-electron chi connectivity index (χ3n) is 0.200. The summed E-state index contributed by atoms with van der Waals surface area (Å²) >= 11 is 0. The zero-order valence-electron chi connectivity index (χ0n) is 5.05. The van der Waals surface area contributed by atoms with Crippen LogP contribution in [-0.2, 0) is 29.5 Å². The predicted octanol–water partition coefficient (Wildman–Crippen LogP) is -1.44. The smallest absolute Gasteiger partial charge is 0.262 e. The van der Waals surface area contributed by atoms with Gasteiger partial charge in [-0.3, -0.25) is 19.6 Å². The molecule has 0 saturated carbocycles. The van der Waals surface area contributed by atoms with Gasteiger partial charge in [0.1, 0.15) is 0 Å². The van der Waals surface area contributed by atoms with Crippen LogP contribution in [0, 0.1) is 0 Å². The molecule has 0 bridgehead atoms. The molecule has 0 rings (SSSR count). The molecule has 12 heteroatoms. The normalized spacial score (nSPS) is 11.7. The molecule has 0 aliphatic heterocycles. The van der Waals surface area contributed by atoms with Gasteiger partial charge in [0.05, 0.1) is 0 Å². The molecule has 0 unspecified atom stereocenters. The first-order valence-electron chi connectivity index (χ1n) is 1.73. The minimum absolute atomic E-state index is 2.78. The fourth-order valence-corrected chi connectivity index (χ4v) is 0.632. The summed E-state index contributed by atoms with van der Waals surface area (Å²) in [6.45, 7) is 0. The van der Waals surface area contributed by atoms with Gasteiger partial charge in [0.25, 0.3) is 0 Å². The molecule has 0 aromatic heterocycles. The van der Waals surface area contributed by atoms with E-state index in [0.29, 0.717) is 0 Å². The summed E-state index contributed by atoms with van der Waals surface area (Å²) in [6.07, 6.45) is 0. The van der Waals surface area contributed by atoms with Crippen molar-refractivity contribution in [2.45, 2.75) is 0 Å². The van der Waals surface area contributed by atoms with Crippen LogP contribution in [0.4, 0.5) is 0 Å². The predicted molar refractivity (Wildman–Crippen MR) is 30.5 cm³/mol. The van der Waals surface area contributed by atoms with E-state index in [1.807, 2.05) is 0 Å². The van der Waals surface area contributed by atoms with Gasteiger partial charge in [-0.1, -0.05) is 8.67 Å². The molecule has 0 spiro atoms. The van der Waals surface area contributed by atoms with Gasteiger partial charge in [0, 0.05) is 0 Å². The minimum atomic E-state index is -5.02. The number of hydrogen-bond acceptors (Lipinski definition) is 8. The molecular formula is H4O10S2. The maximum Gasteiger partial charge on any atom is 0.425 e. The van der Waals surface area contributed by atoms with Crippen molar-refractivity contribution in [2.24, 2.45) is 0 Å². The molecule has 76 valence electrons. The first-order chi connectivity index (χ1) is 5.21. The van der Waals surface area contributed by atoms with Crippen LogP contribution in [0.5, 0.6) is 0 Å². The Morgan fingerprint density at radius 3 is 1.00 bits per heavy atom. The van der Waals surface area contributed by atoms with Crippen LogP contribution in [0.3, 0.4) is 0 Å². The largest absolute Gasteiger partial charge is 0.425 e. The van der Waals surface area contributed by atoms with Gasteiger partial charge in [0.15, 0.2) is 0 Å². The lowest BCUT2D eigenvalue weighted by atomic mass is 14.9. The molecule has 12 heavy (non-hydrogen) atoms. The van der Waals surface area contributed by atoms with E-state index < -0.39 is 20.8 Å². The van der Waals surface area contributed by atoms with E-state index in [1.54, 1.807) is 0 Å². The highest BCUT2D eigenvalue weighted by atomic mass is 32.3. The lowest BCUT2D eigenvalue weighted by Crippen LogP contribution is -2.10. The van der Waals surface area contributed by atoms with Gasteiger partial charge >= 0.3 is 20.8 Å². The molecule has 0 aromatic rings. The van der Waals surface area contributed by atoms with Crippen LogP contribution < -0.4 is 0 Å². The lowest BCUT2D eigenvalue weighted by Gasteiger charge is -1.92. The molecular weight excluding hydrogens is 224 g/mol. The van der Waals surface area contributed by atoms with Crippen molar-refractivity contribution in [3.05, 3.63) is 0 Å². The van der Waals surface area contributed by atoms with E-state index in [2.05, 4.69) is 8.67 Å². The van der Waals surface area contributed by atoms with Crippen molar-refractivity contribution in [2.75, 3.05) is 0 Å². The van der Waals surface area contributed by atoms with Crippen molar-refractivity contribution in [1.82, 2.24) is 0 Å². The first kappa shape index (κ1) is 14.2. The SMILES string of the molecule is O=S(=O)(O)OOS(=O)(=O)O.OO. The van der Waals surface area contributed by atoms with Crippen molar-refractivity contribution in [1.29, 1.82) is 0 Å². The Labute approximate surface area is 66.7 Å². The molecule has 0 saturated heterocycles. The van der Waals surface area contributed by atoms with E-state index >= 15 is 0 Å². The molecule has 10 nitrogen and oxygen atoms in total. The Hall–Kier alpha value is -0.340. The summed E-state index contributed by atoms with van der Waals surface area (Å²) in [4.78, 5) is 0. The molecule has 0 aromatic carbocycles. The minimum Gasteiger partial charge on any atom is -0.262 e. The summed E-state index contributed by atoms with van der Waals surface area (Å²) < 4.78 is 58.9. The second-order valence-corrected chi connectivity index (χ2v) is 2.97. The van der Waals surface area contributed by atoms with E-state index in [-0.39, 0.29) is 0 Å². The van der Waals surface area contributed by atoms with E-state index in [4.69, 9.17) is 19.6 Å². The van der Waals surface area contributed by atoms with Gasteiger partial charge in [-0.15, -0.1) is 0 Å². The number of hydrogen-bond donors (Lipinski definition) is 4. The third-order valence-corrected chi connectivity index (χ3v) is 0.766. The molecule has 0 aliphatic rings. The summed E-state index contributed by atoms with van der Waals surface area (Å²) in [5.74, 6) is 0. The third kappa shape index (κ3) is 16.3. The summed E-state index contributed by atoms with van der Waals surface area (Å²) in [7, 11) is -10.0. The molecule has 0 heterocycles. The average molecular weight is 228 g/mol. The Kier molecular flexibility index (Phi) is 6.31. The second-order valence-electron chi connectivity index (χ2n) is 0.992. The highest BCUT2D eigenvalue weighted by Gasteiger charge is 2.13. The molecule has 4 N–H and O–H groups in total. The Balaban J connectivity index is 0. The Morgan fingerprint density at radius 2 is 0.917 bits per heavy atom. The summed E-state index contributed by atoms with van der Waals surface area (Å²) in [5.41, 5.74) is 0. The Bertz CT molecular complexity index is 244. The molecule has 0 atom stereocenters. The summed E-state index contributed by atoms with van der Waals surface area (Å²) in [6, 6.07) is 0.